The summed E-state index contributed by atoms with van der Waals surface area (Å²) in [4.78, 5) is 22.8. The number of methoxy groups -OCH3 is 1. The monoisotopic (exact) mass is 303 g/mol. The van der Waals surface area contributed by atoms with Gasteiger partial charge in [0.2, 0.25) is 0 Å². The second kappa shape index (κ2) is 7.37. The van der Waals surface area contributed by atoms with Crippen LogP contribution in [0.2, 0.25) is 0 Å². The van der Waals surface area contributed by atoms with Crippen LogP contribution in [0.3, 0.4) is 0 Å². The van der Waals surface area contributed by atoms with E-state index in [-0.39, 0.29) is 23.9 Å². The Balaban J connectivity index is 1.88. The lowest BCUT2D eigenvalue weighted by Gasteiger charge is -2.13. The molecule has 7 nitrogen and oxygen atoms in total. The lowest BCUT2D eigenvalue weighted by atomic mass is 10.2. The standard InChI is InChI=1S/C15H17N3O4/c1-10(15(20)16-13-6-7-14(19)18-17-13)22-9-11-4-3-5-12(8-11)21-2/h3-8,10H,9H2,1-2H3,(H,18,19)(H,16,17,20)/t10-/m0/s1. The normalized spacial score (nSPS) is 11.7. The predicted octanol–water partition coefficient (Wildman–Crippen LogP) is 1.32. The molecule has 2 aromatic rings. The number of nitrogens with one attached hydrogen (secondary N) is 2. The number of hydrogen-bond donors (Lipinski definition) is 2. The van der Waals surface area contributed by atoms with Gasteiger partial charge in [-0.1, -0.05) is 12.1 Å². The summed E-state index contributed by atoms with van der Waals surface area (Å²) in [5.74, 6) is 0.652. The molecule has 0 aliphatic heterocycles. The zero-order valence-corrected chi connectivity index (χ0v) is 12.3. The first kappa shape index (κ1) is 15.7. The minimum absolute atomic E-state index is 0.265. The van der Waals surface area contributed by atoms with E-state index in [2.05, 4.69) is 15.5 Å². The second-order valence-electron chi connectivity index (χ2n) is 4.60. The van der Waals surface area contributed by atoms with Crippen LogP contribution in [0.5, 0.6) is 5.75 Å². The topological polar surface area (TPSA) is 93.3 Å². The van der Waals surface area contributed by atoms with Crippen LogP contribution >= 0.6 is 0 Å². The molecule has 0 bridgehead atoms. The van der Waals surface area contributed by atoms with Gasteiger partial charge in [0.25, 0.3) is 11.5 Å². The number of nitrogens with zero attached hydrogens (tertiary/aromatic N) is 1. The molecule has 2 N–H and O–H groups in total. The summed E-state index contributed by atoms with van der Waals surface area (Å²) in [5.41, 5.74) is 0.571. The molecule has 1 aromatic heterocycles. The maximum atomic E-state index is 11.9. The van der Waals surface area contributed by atoms with E-state index in [0.29, 0.717) is 0 Å². The van der Waals surface area contributed by atoms with E-state index in [0.717, 1.165) is 11.3 Å². The summed E-state index contributed by atoms with van der Waals surface area (Å²) < 4.78 is 10.6. The molecule has 0 unspecified atom stereocenters. The van der Waals surface area contributed by atoms with Crippen molar-refractivity contribution in [3.8, 4) is 5.75 Å². The van der Waals surface area contributed by atoms with E-state index in [1.54, 1.807) is 14.0 Å². The van der Waals surface area contributed by atoms with Gasteiger partial charge in [-0.05, 0) is 30.7 Å². The number of amides is 1. The summed E-state index contributed by atoms with van der Waals surface area (Å²) in [6.07, 6.45) is -0.667. The van der Waals surface area contributed by atoms with Gasteiger partial charge in [-0.25, -0.2) is 5.10 Å². The molecule has 0 fully saturated rings. The largest absolute Gasteiger partial charge is 0.497 e. The van der Waals surface area contributed by atoms with Crippen LogP contribution in [0, 0.1) is 0 Å². The second-order valence-corrected chi connectivity index (χ2v) is 4.60. The molecule has 0 saturated carbocycles. The number of hydrogen-bond acceptors (Lipinski definition) is 5. The number of aromatic amines is 1. The summed E-state index contributed by atoms with van der Waals surface area (Å²) in [6.45, 7) is 1.92. The minimum atomic E-state index is -0.667. The molecule has 7 heteroatoms. The van der Waals surface area contributed by atoms with Crippen LogP contribution in [0.1, 0.15) is 12.5 Å². The highest BCUT2D eigenvalue weighted by molar-refractivity contribution is 5.92. The van der Waals surface area contributed by atoms with E-state index in [4.69, 9.17) is 9.47 Å². The Bertz CT molecular complexity index is 679. The van der Waals surface area contributed by atoms with Crippen LogP contribution < -0.4 is 15.6 Å². The van der Waals surface area contributed by atoms with Crippen molar-refractivity contribution in [2.45, 2.75) is 19.6 Å². The molecule has 1 aromatic carbocycles. The Hall–Kier alpha value is -2.67. The zero-order chi connectivity index (χ0) is 15.9. The molecular weight excluding hydrogens is 286 g/mol. The van der Waals surface area contributed by atoms with Crippen molar-refractivity contribution < 1.29 is 14.3 Å². The van der Waals surface area contributed by atoms with Gasteiger partial charge in [0.05, 0.1) is 13.7 Å². The Morgan fingerprint density at radius 3 is 2.86 bits per heavy atom. The highest BCUT2D eigenvalue weighted by atomic mass is 16.5. The number of carbonyl (C=O) groups is 1. The molecule has 116 valence electrons. The molecule has 0 spiro atoms. The van der Waals surface area contributed by atoms with E-state index in [1.807, 2.05) is 24.3 Å². The molecule has 2 rings (SSSR count). The average molecular weight is 303 g/mol. The van der Waals surface area contributed by atoms with E-state index < -0.39 is 6.10 Å². The maximum Gasteiger partial charge on any atom is 0.264 e. The Morgan fingerprint density at radius 1 is 1.36 bits per heavy atom. The highest BCUT2D eigenvalue weighted by Crippen LogP contribution is 2.14. The van der Waals surface area contributed by atoms with Gasteiger partial charge in [0.15, 0.2) is 5.82 Å². The van der Waals surface area contributed by atoms with Crippen molar-refractivity contribution in [3.05, 3.63) is 52.3 Å². The number of anilines is 1. The first-order valence-corrected chi connectivity index (χ1v) is 6.69. The van der Waals surface area contributed by atoms with Crippen molar-refractivity contribution in [2.24, 2.45) is 0 Å². The fourth-order valence-corrected chi connectivity index (χ4v) is 1.70. The van der Waals surface area contributed by atoms with Gasteiger partial charge in [0.1, 0.15) is 11.9 Å². The first-order chi connectivity index (χ1) is 10.6. The van der Waals surface area contributed by atoms with Gasteiger partial charge in [0, 0.05) is 6.07 Å². The first-order valence-electron chi connectivity index (χ1n) is 6.69. The Morgan fingerprint density at radius 2 is 2.18 bits per heavy atom. The van der Waals surface area contributed by atoms with Crippen molar-refractivity contribution >= 4 is 11.7 Å². The molecular formula is C15H17N3O4. The Kier molecular flexibility index (Phi) is 5.26. The van der Waals surface area contributed by atoms with Crippen molar-refractivity contribution in [1.82, 2.24) is 10.2 Å². The zero-order valence-electron chi connectivity index (χ0n) is 12.3. The minimum Gasteiger partial charge on any atom is -0.497 e. The smallest absolute Gasteiger partial charge is 0.264 e. The number of carbonyl (C=O) groups excluding carboxylic acids is 1. The summed E-state index contributed by atoms with van der Waals surface area (Å²) in [6, 6.07) is 10.1. The van der Waals surface area contributed by atoms with Crippen molar-refractivity contribution in [3.63, 3.8) is 0 Å². The van der Waals surface area contributed by atoms with Gasteiger partial charge < -0.3 is 14.8 Å². The average Bonchev–Trinajstić information content (AvgIpc) is 2.54. The lowest BCUT2D eigenvalue weighted by molar-refractivity contribution is -0.127. The lowest BCUT2D eigenvalue weighted by Crippen LogP contribution is -2.28. The van der Waals surface area contributed by atoms with Crippen molar-refractivity contribution in [1.29, 1.82) is 0 Å². The maximum absolute atomic E-state index is 11.9. The number of benzene rings is 1. The third-order valence-electron chi connectivity index (χ3n) is 2.93. The van der Waals surface area contributed by atoms with Crippen LogP contribution in [0.4, 0.5) is 5.82 Å². The predicted molar refractivity (Wildman–Crippen MR) is 80.7 cm³/mol. The number of aromatic nitrogens is 2. The van der Waals surface area contributed by atoms with Crippen molar-refractivity contribution in [2.75, 3.05) is 12.4 Å². The molecule has 1 heterocycles. The molecule has 0 aliphatic carbocycles. The van der Waals surface area contributed by atoms with Crippen LogP contribution in [0.25, 0.3) is 0 Å². The molecule has 1 atom stereocenters. The van der Waals surface area contributed by atoms with Gasteiger partial charge in [-0.15, -0.1) is 0 Å². The molecule has 0 aliphatic rings. The summed E-state index contributed by atoms with van der Waals surface area (Å²) in [7, 11) is 1.59. The molecule has 1 amide bonds. The van der Waals surface area contributed by atoms with Gasteiger partial charge in [-0.3, -0.25) is 9.59 Å². The molecule has 0 saturated heterocycles. The number of rotatable bonds is 6. The number of H-pyrrole nitrogens is 1. The summed E-state index contributed by atoms with van der Waals surface area (Å²) >= 11 is 0. The van der Waals surface area contributed by atoms with E-state index in [9.17, 15) is 9.59 Å². The molecule has 22 heavy (non-hydrogen) atoms. The SMILES string of the molecule is COc1cccc(CO[C@@H](C)C(=O)Nc2ccc(=O)[nH]n2)c1. The summed E-state index contributed by atoms with van der Waals surface area (Å²) in [5, 5.41) is 8.50. The Labute approximate surface area is 127 Å². The number of ether oxygens (including phenoxy) is 2. The quantitative estimate of drug-likeness (QED) is 0.839. The van der Waals surface area contributed by atoms with Crippen LogP contribution in [0.15, 0.2) is 41.2 Å². The fourth-order valence-electron chi connectivity index (χ4n) is 1.70. The highest BCUT2D eigenvalue weighted by Gasteiger charge is 2.14. The van der Waals surface area contributed by atoms with Gasteiger partial charge in [-0.2, -0.15) is 5.10 Å². The van der Waals surface area contributed by atoms with Gasteiger partial charge >= 0.3 is 0 Å². The fraction of sp³-hybridized carbons (Fsp3) is 0.267. The van der Waals surface area contributed by atoms with Crippen LogP contribution in [-0.2, 0) is 16.1 Å². The van der Waals surface area contributed by atoms with E-state index >= 15 is 0 Å². The molecule has 0 radical (unpaired) electrons. The third-order valence-corrected chi connectivity index (χ3v) is 2.93. The third kappa shape index (κ3) is 4.42. The van der Waals surface area contributed by atoms with Crippen LogP contribution in [-0.4, -0.2) is 29.3 Å². The van der Waals surface area contributed by atoms with E-state index in [1.165, 1.54) is 12.1 Å².